The van der Waals surface area contributed by atoms with E-state index < -0.39 is 0 Å². The third-order valence-electron chi connectivity index (χ3n) is 1.98. The van der Waals surface area contributed by atoms with Crippen molar-refractivity contribution in [2.24, 2.45) is 5.92 Å². The first kappa shape index (κ1) is 12.2. The SMILES string of the molecule is C=CCC(CCCC)C(=O)OCC. The van der Waals surface area contributed by atoms with Gasteiger partial charge in [-0.2, -0.15) is 0 Å². The molecule has 0 aliphatic heterocycles. The van der Waals surface area contributed by atoms with Crippen LogP contribution in [0.25, 0.3) is 0 Å². The normalized spacial score (nSPS) is 12.2. The maximum Gasteiger partial charge on any atom is 0.309 e. The van der Waals surface area contributed by atoms with Crippen molar-refractivity contribution >= 4 is 5.97 Å². The zero-order valence-corrected chi connectivity index (χ0v) is 8.71. The predicted octanol–water partition coefficient (Wildman–Crippen LogP) is 2.93. The lowest BCUT2D eigenvalue weighted by atomic mass is 9.99. The minimum atomic E-state index is -0.0733. The molecule has 2 nitrogen and oxygen atoms in total. The summed E-state index contributed by atoms with van der Waals surface area (Å²) in [4.78, 5) is 11.4. The van der Waals surface area contributed by atoms with Crippen LogP contribution >= 0.6 is 0 Å². The van der Waals surface area contributed by atoms with Crippen molar-refractivity contribution in [2.45, 2.75) is 39.5 Å². The van der Waals surface area contributed by atoms with Crippen molar-refractivity contribution in [2.75, 3.05) is 6.61 Å². The van der Waals surface area contributed by atoms with E-state index in [1.54, 1.807) is 6.08 Å². The summed E-state index contributed by atoms with van der Waals surface area (Å²) < 4.78 is 4.97. The predicted molar refractivity (Wildman–Crippen MR) is 54.5 cm³/mol. The van der Waals surface area contributed by atoms with Crippen LogP contribution in [0.2, 0.25) is 0 Å². The molecule has 0 aliphatic rings. The number of carbonyl (C=O) groups excluding carboxylic acids is 1. The summed E-state index contributed by atoms with van der Waals surface area (Å²) in [6.07, 6.45) is 5.64. The average Bonchev–Trinajstić information content (AvgIpc) is 2.12. The van der Waals surface area contributed by atoms with Gasteiger partial charge in [-0.1, -0.05) is 25.8 Å². The fourth-order valence-electron chi connectivity index (χ4n) is 1.24. The Labute approximate surface area is 81.0 Å². The van der Waals surface area contributed by atoms with E-state index in [0.29, 0.717) is 6.61 Å². The zero-order valence-electron chi connectivity index (χ0n) is 8.71. The van der Waals surface area contributed by atoms with Crippen LogP contribution in [0.1, 0.15) is 39.5 Å². The molecule has 0 spiro atoms. The van der Waals surface area contributed by atoms with Crippen LogP contribution < -0.4 is 0 Å². The minimum absolute atomic E-state index is 0.0254. The van der Waals surface area contributed by atoms with E-state index in [1.165, 1.54) is 0 Å². The minimum Gasteiger partial charge on any atom is -0.466 e. The third-order valence-corrected chi connectivity index (χ3v) is 1.98. The monoisotopic (exact) mass is 184 g/mol. The molecule has 76 valence electrons. The number of allylic oxidation sites excluding steroid dienone is 1. The molecule has 0 amide bonds. The van der Waals surface area contributed by atoms with Gasteiger partial charge >= 0.3 is 5.97 Å². The van der Waals surface area contributed by atoms with Gasteiger partial charge in [-0.25, -0.2) is 0 Å². The topological polar surface area (TPSA) is 26.3 Å². The van der Waals surface area contributed by atoms with Crippen LogP contribution in [0.5, 0.6) is 0 Å². The highest BCUT2D eigenvalue weighted by Crippen LogP contribution is 2.14. The second-order valence-electron chi connectivity index (χ2n) is 3.12. The average molecular weight is 184 g/mol. The molecule has 1 unspecified atom stereocenters. The van der Waals surface area contributed by atoms with Crippen molar-refractivity contribution in [3.63, 3.8) is 0 Å². The number of ether oxygens (including phenoxy) is 1. The lowest BCUT2D eigenvalue weighted by molar-refractivity contribution is -0.148. The van der Waals surface area contributed by atoms with E-state index in [2.05, 4.69) is 13.5 Å². The van der Waals surface area contributed by atoms with Crippen molar-refractivity contribution in [1.82, 2.24) is 0 Å². The van der Waals surface area contributed by atoms with Crippen LogP contribution in [0.15, 0.2) is 12.7 Å². The summed E-state index contributed by atoms with van der Waals surface area (Å²) in [5.41, 5.74) is 0. The Morgan fingerprint density at radius 1 is 1.54 bits per heavy atom. The highest BCUT2D eigenvalue weighted by Gasteiger charge is 2.16. The Kier molecular flexibility index (Phi) is 7.36. The van der Waals surface area contributed by atoms with E-state index in [9.17, 15) is 4.79 Å². The fourth-order valence-corrected chi connectivity index (χ4v) is 1.24. The van der Waals surface area contributed by atoms with Gasteiger partial charge in [-0.05, 0) is 19.8 Å². The molecular formula is C11H20O2. The van der Waals surface area contributed by atoms with E-state index in [-0.39, 0.29) is 11.9 Å². The number of esters is 1. The first-order valence-corrected chi connectivity index (χ1v) is 5.03. The van der Waals surface area contributed by atoms with Crippen molar-refractivity contribution < 1.29 is 9.53 Å². The molecule has 0 heterocycles. The highest BCUT2D eigenvalue weighted by molar-refractivity contribution is 5.72. The second kappa shape index (κ2) is 7.84. The summed E-state index contributed by atoms with van der Waals surface area (Å²) in [5, 5.41) is 0. The standard InChI is InChI=1S/C11H20O2/c1-4-7-9-10(8-5-2)11(12)13-6-3/h5,10H,2,4,6-9H2,1,3H3. The summed E-state index contributed by atoms with van der Waals surface area (Å²) in [7, 11) is 0. The Morgan fingerprint density at radius 3 is 2.69 bits per heavy atom. The Morgan fingerprint density at radius 2 is 2.23 bits per heavy atom. The number of carbonyl (C=O) groups is 1. The molecule has 0 aromatic carbocycles. The van der Waals surface area contributed by atoms with Gasteiger partial charge in [0, 0.05) is 0 Å². The number of rotatable bonds is 7. The first-order valence-electron chi connectivity index (χ1n) is 5.03. The molecule has 2 heteroatoms. The zero-order chi connectivity index (χ0) is 10.1. The van der Waals surface area contributed by atoms with Gasteiger partial charge in [0.1, 0.15) is 0 Å². The van der Waals surface area contributed by atoms with Crippen molar-refractivity contribution in [1.29, 1.82) is 0 Å². The van der Waals surface area contributed by atoms with Gasteiger partial charge in [-0.15, -0.1) is 6.58 Å². The molecule has 0 bridgehead atoms. The maximum absolute atomic E-state index is 11.4. The lowest BCUT2D eigenvalue weighted by Crippen LogP contribution is -2.17. The molecule has 0 N–H and O–H groups in total. The first-order chi connectivity index (χ1) is 6.26. The molecule has 13 heavy (non-hydrogen) atoms. The maximum atomic E-state index is 11.4. The van der Waals surface area contributed by atoms with E-state index in [1.807, 2.05) is 6.92 Å². The van der Waals surface area contributed by atoms with Crippen molar-refractivity contribution in [3.05, 3.63) is 12.7 Å². The summed E-state index contributed by atoms with van der Waals surface area (Å²) in [6.45, 7) is 8.07. The third kappa shape index (κ3) is 5.45. The molecule has 0 fully saturated rings. The molecular weight excluding hydrogens is 164 g/mol. The van der Waals surface area contributed by atoms with Crippen LogP contribution in [-0.4, -0.2) is 12.6 Å². The van der Waals surface area contributed by atoms with Gasteiger partial charge in [0.25, 0.3) is 0 Å². The Hall–Kier alpha value is -0.790. The number of hydrogen-bond acceptors (Lipinski definition) is 2. The smallest absolute Gasteiger partial charge is 0.309 e. The highest BCUT2D eigenvalue weighted by atomic mass is 16.5. The molecule has 0 aliphatic carbocycles. The molecule has 0 saturated carbocycles. The quantitative estimate of drug-likeness (QED) is 0.449. The Bertz CT molecular complexity index is 152. The van der Waals surface area contributed by atoms with E-state index in [4.69, 9.17) is 4.74 Å². The summed E-state index contributed by atoms with van der Waals surface area (Å²) in [5.74, 6) is -0.0479. The van der Waals surface area contributed by atoms with Crippen LogP contribution in [-0.2, 0) is 9.53 Å². The van der Waals surface area contributed by atoms with Crippen molar-refractivity contribution in [3.8, 4) is 0 Å². The molecule has 0 aromatic heterocycles. The van der Waals surface area contributed by atoms with Crippen LogP contribution in [0.4, 0.5) is 0 Å². The molecule has 0 saturated heterocycles. The van der Waals surface area contributed by atoms with Gasteiger partial charge in [0.05, 0.1) is 12.5 Å². The second-order valence-corrected chi connectivity index (χ2v) is 3.12. The van der Waals surface area contributed by atoms with Gasteiger partial charge in [0.15, 0.2) is 0 Å². The largest absolute Gasteiger partial charge is 0.466 e. The van der Waals surface area contributed by atoms with Crippen LogP contribution in [0, 0.1) is 5.92 Å². The Balaban J connectivity index is 3.90. The fraction of sp³-hybridized carbons (Fsp3) is 0.727. The van der Waals surface area contributed by atoms with Gasteiger partial charge in [0.2, 0.25) is 0 Å². The number of unbranched alkanes of at least 4 members (excludes halogenated alkanes) is 1. The molecule has 0 aromatic rings. The van der Waals surface area contributed by atoms with Crippen LogP contribution in [0.3, 0.4) is 0 Å². The molecule has 0 radical (unpaired) electrons. The number of hydrogen-bond donors (Lipinski definition) is 0. The van der Waals surface area contributed by atoms with Gasteiger partial charge in [-0.3, -0.25) is 4.79 Å². The van der Waals surface area contributed by atoms with E-state index in [0.717, 1.165) is 25.7 Å². The summed E-state index contributed by atoms with van der Waals surface area (Å²) in [6, 6.07) is 0. The lowest BCUT2D eigenvalue weighted by Gasteiger charge is -2.12. The summed E-state index contributed by atoms with van der Waals surface area (Å²) >= 11 is 0. The molecule has 1 atom stereocenters. The van der Waals surface area contributed by atoms with E-state index >= 15 is 0 Å². The van der Waals surface area contributed by atoms with Gasteiger partial charge < -0.3 is 4.74 Å². The molecule has 0 rings (SSSR count).